The smallest absolute Gasteiger partial charge is 0.119 e. The molecule has 0 N–H and O–H groups in total. The number of likely N-dealkylation sites (N-methyl/N-ethyl adjacent to an activating group) is 1. The number of aliphatic imine (C=N–C) groups is 1. The Balaban J connectivity index is 2.30. The number of hydrogen-bond acceptors (Lipinski definition) is 3. The van der Waals surface area contributed by atoms with E-state index in [9.17, 15) is 0 Å². The molecular weight excluding hydrogens is 198 g/mol. The lowest BCUT2D eigenvalue weighted by Crippen LogP contribution is -2.54. The van der Waals surface area contributed by atoms with Gasteiger partial charge in [-0.25, -0.2) is 4.99 Å². The van der Waals surface area contributed by atoms with E-state index < -0.39 is 0 Å². The van der Waals surface area contributed by atoms with Crippen LogP contribution in [0.25, 0.3) is 0 Å². The summed E-state index contributed by atoms with van der Waals surface area (Å²) >= 11 is 0. The fourth-order valence-corrected chi connectivity index (χ4v) is 2.15. The van der Waals surface area contributed by atoms with E-state index in [0.717, 1.165) is 31.2 Å². The van der Waals surface area contributed by atoms with E-state index >= 15 is 0 Å². The number of nitrogens with zero attached hydrogens (tertiary/aromatic N) is 3. The molecule has 0 amide bonds. The zero-order valence-electron chi connectivity index (χ0n) is 10.1. The molecule has 2 heterocycles. The van der Waals surface area contributed by atoms with Gasteiger partial charge in [0, 0.05) is 19.1 Å². The molecule has 86 valence electrons. The van der Waals surface area contributed by atoms with Gasteiger partial charge >= 0.3 is 0 Å². The summed E-state index contributed by atoms with van der Waals surface area (Å²) < 4.78 is 0. The second-order valence-electron chi connectivity index (χ2n) is 4.49. The van der Waals surface area contributed by atoms with Crippen molar-refractivity contribution in [2.45, 2.75) is 13.0 Å². The second kappa shape index (κ2) is 4.26. The highest BCUT2D eigenvalue weighted by atomic mass is 15.3. The number of hydrogen-bond donors (Lipinski definition) is 0. The van der Waals surface area contributed by atoms with E-state index in [1.54, 1.807) is 0 Å². The molecule has 0 aromatic carbocycles. The van der Waals surface area contributed by atoms with Crippen LogP contribution >= 0.6 is 0 Å². The number of rotatable bonds is 2. The Morgan fingerprint density at radius 3 is 2.69 bits per heavy atom. The molecule has 3 nitrogen and oxygen atoms in total. The van der Waals surface area contributed by atoms with E-state index in [1.165, 1.54) is 5.57 Å². The third kappa shape index (κ3) is 1.83. The highest BCUT2D eigenvalue weighted by molar-refractivity contribution is 5.87. The highest BCUT2D eigenvalue weighted by Gasteiger charge is 2.28. The molecule has 0 spiro atoms. The Bertz CT molecular complexity index is 379. The molecule has 2 rings (SSSR count). The van der Waals surface area contributed by atoms with Crippen LogP contribution in [0, 0.1) is 0 Å². The first kappa shape index (κ1) is 11.1. The van der Waals surface area contributed by atoms with Gasteiger partial charge in [-0.3, -0.25) is 4.90 Å². The zero-order chi connectivity index (χ0) is 11.7. The average molecular weight is 217 g/mol. The topological polar surface area (TPSA) is 18.8 Å². The van der Waals surface area contributed by atoms with Crippen molar-refractivity contribution >= 4 is 5.84 Å². The van der Waals surface area contributed by atoms with Crippen LogP contribution in [-0.4, -0.2) is 48.4 Å². The third-order valence-corrected chi connectivity index (χ3v) is 3.37. The average Bonchev–Trinajstić information content (AvgIpc) is 2.29. The molecule has 0 bridgehead atoms. The summed E-state index contributed by atoms with van der Waals surface area (Å²) in [5, 5.41) is 0. The summed E-state index contributed by atoms with van der Waals surface area (Å²) in [6.45, 7) is 12.8. The summed E-state index contributed by atoms with van der Waals surface area (Å²) in [5.74, 6) is 1.15. The molecule has 1 unspecified atom stereocenters. The van der Waals surface area contributed by atoms with E-state index in [4.69, 9.17) is 0 Å². The summed E-state index contributed by atoms with van der Waals surface area (Å²) in [6, 6.07) is 0.579. The Labute approximate surface area is 97.5 Å². The lowest BCUT2D eigenvalue weighted by atomic mass is 10.1. The molecule has 16 heavy (non-hydrogen) atoms. The number of amidine groups is 1. The van der Waals surface area contributed by atoms with Gasteiger partial charge in [0.1, 0.15) is 5.84 Å². The fourth-order valence-electron chi connectivity index (χ4n) is 2.15. The van der Waals surface area contributed by atoms with Gasteiger partial charge in [0.2, 0.25) is 0 Å². The normalized spacial score (nSPS) is 26.2. The predicted octanol–water partition coefficient (Wildman–Crippen LogP) is 1.66. The monoisotopic (exact) mass is 217 g/mol. The van der Waals surface area contributed by atoms with Crippen molar-refractivity contribution in [3.05, 3.63) is 36.6 Å². The predicted molar refractivity (Wildman–Crippen MR) is 68.5 cm³/mol. The van der Waals surface area contributed by atoms with Crippen molar-refractivity contribution in [2.75, 3.05) is 26.7 Å². The van der Waals surface area contributed by atoms with Gasteiger partial charge in [0.05, 0.1) is 12.2 Å². The molecule has 1 fully saturated rings. The number of piperazine rings is 1. The van der Waals surface area contributed by atoms with Crippen LogP contribution in [0.4, 0.5) is 0 Å². The molecule has 0 aromatic heterocycles. The summed E-state index contributed by atoms with van der Waals surface area (Å²) in [7, 11) is 2.14. The van der Waals surface area contributed by atoms with Crippen LogP contribution in [0.3, 0.4) is 0 Å². The van der Waals surface area contributed by atoms with Gasteiger partial charge in [-0.15, -0.1) is 0 Å². The van der Waals surface area contributed by atoms with Crippen LogP contribution in [0.1, 0.15) is 6.92 Å². The number of allylic oxidation sites excluding steroid dienone is 1. The van der Waals surface area contributed by atoms with Gasteiger partial charge < -0.3 is 4.90 Å². The van der Waals surface area contributed by atoms with Crippen molar-refractivity contribution in [3.63, 3.8) is 0 Å². The van der Waals surface area contributed by atoms with Crippen LogP contribution in [0.2, 0.25) is 0 Å². The maximum absolute atomic E-state index is 4.65. The molecule has 0 saturated carbocycles. The highest BCUT2D eigenvalue weighted by Crippen LogP contribution is 2.21. The van der Waals surface area contributed by atoms with E-state index in [0.29, 0.717) is 6.04 Å². The van der Waals surface area contributed by atoms with E-state index in [2.05, 4.69) is 41.9 Å². The molecule has 1 saturated heterocycles. The molecule has 1 atom stereocenters. The largest absolute Gasteiger partial charge is 0.353 e. The molecule has 2 aliphatic rings. The quantitative estimate of drug-likeness (QED) is 0.700. The lowest BCUT2D eigenvalue weighted by molar-refractivity contribution is 0.201. The molecule has 0 aromatic rings. The minimum absolute atomic E-state index is 0.579. The van der Waals surface area contributed by atoms with Crippen molar-refractivity contribution in [2.24, 2.45) is 4.99 Å². The van der Waals surface area contributed by atoms with Gasteiger partial charge in [0.25, 0.3) is 0 Å². The Morgan fingerprint density at radius 1 is 1.31 bits per heavy atom. The SMILES string of the molecule is C=CC1=C(C=C)N=C2CN(C)C(C)CN2C1. The minimum Gasteiger partial charge on any atom is -0.353 e. The first-order valence-electron chi connectivity index (χ1n) is 5.66. The van der Waals surface area contributed by atoms with Crippen molar-refractivity contribution < 1.29 is 0 Å². The first-order chi connectivity index (χ1) is 7.65. The summed E-state index contributed by atoms with van der Waals surface area (Å²) in [6.07, 6.45) is 3.71. The molecular formula is C13H19N3. The van der Waals surface area contributed by atoms with E-state index in [-0.39, 0.29) is 0 Å². The fraction of sp³-hybridized carbons (Fsp3) is 0.462. The van der Waals surface area contributed by atoms with Crippen LogP contribution in [0.15, 0.2) is 41.6 Å². The van der Waals surface area contributed by atoms with Crippen molar-refractivity contribution in [3.8, 4) is 0 Å². The lowest BCUT2D eigenvalue weighted by Gasteiger charge is -2.41. The van der Waals surface area contributed by atoms with Crippen molar-refractivity contribution in [1.29, 1.82) is 0 Å². The zero-order valence-corrected chi connectivity index (χ0v) is 10.1. The van der Waals surface area contributed by atoms with Gasteiger partial charge in [-0.2, -0.15) is 0 Å². The molecule has 0 radical (unpaired) electrons. The maximum Gasteiger partial charge on any atom is 0.119 e. The minimum atomic E-state index is 0.579. The third-order valence-electron chi connectivity index (χ3n) is 3.37. The van der Waals surface area contributed by atoms with Crippen LogP contribution < -0.4 is 0 Å². The van der Waals surface area contributed by atoms with Crippen LogP contribution in [-0.2, 0) is 0 Å². The van der Waals surface area contributed by atoms with Crippen LogP contribution in [0.5, 0.6) is 0 Å². The second-order valence-corrected chi connectivity index (χ2v) is 4.49. The molecule has 2 aliphatic heterocycles. The summed E-state index contributed by atoms with van der Waals surface area (Å²) in [4.78, 5) is 9.32. The molecule has 3 heteroatoms. The Morgan fingerprint density at radius 2 is 2.06 bits per heavy atom. The number of fused-ring (bicyclic) bond motifs is 1. The van der Waals surface area contributed by atoms with Gasteiger partial charge in [0.15, 0.2) is 0 Å². The standard InChI is InChI=1S/C13H19N3/c1-5-11-8-16-7-10(3)15(4)9-13(16)14-12(11)6-2/h5-6,10H,1-2,7-9H2,3-4H3. The van der Waals surface area contributed by atoms with Crippen molar-refractivity contribution in [1.82, 2.24) is 9.80 Å². The van der Waals surface area contributed by atoms with Gasteiger partial charge in [-0.1, -0.05) is 19.2 Å². The first-order valence-corrected chi connectivity index (χ1v) is 5.66. The maximum atomic E-state index is 4.65. The Kier molecular flexibility index (Phi) is 2.97. The molecule has 0 aliphatic carbocycles. The summed E-state index contributed by atoms with van der Waals surface area (Å²) in [5.41, 5.74) is 2.15. The van der Waals surface area contributed by atoms with Gasteiger partial charge in [-0.05, 0) is 25.6 Å². The Hall–Kier alpha value is -1.35. The van der Waals surface area contributed by atoms with E-state index in [1.807, 2.05) is 12.2 Å².